The topological polar surface area (TPSA) is 26.3 Å². The van der Waals surface area contributed by atoms with E-state index in [0.29, 0.717) is 0 Å². The summed E-state index contributed by atoms with van der Waals surface area (Å²) in [4.78, 5) is 12.1. The second-order valence-corrected chi connectivity index (χ2v) is 6.40. The van der Waals surface area contributed by atoms with Gasteiger partial charge in [-0.3, -0.25) is 4.79 Å². The van der Waals surface area contributed by atoms with Gasteiger partial charge in [-0.15, -0.1) is 11.6 Å². The van der Waals surface area contributed by atoms with Gasteiger partial charge in [-0.25, -0.2) is 0 Å². The van der Waals surface area contributed by atoms with Crippen molar-refractivity contribution in [2.45, 2.75) is 57.2 Å². The number of halogens is 1. The minimum absolute atomic E-state index is 0.0822. The molecule has 2 nitrogen and oxygen atoms in total. The Hall–Kier alpha value is -1.28. The van der Waals surface area contributed by atoms with E-state index in [0.717, 1.165) is 49.2 Å². The van der Waals surface area contributed by atoms with Crippen LogP contribution in [0.15, 0.2) is 29.8 Å². The van der Waals surface area contributed by atoms with E-state index in [2.05, 4.69) is 6.92 Å². The van der Waals surface area contributed by atoms with Crippen LogP contribution in [0, 0.1) is 0 Å². The smallest absolute Gasteiger partial charge is 0.176 e. The number of ketones is 1. The first-order chi connectivity index (χ1) is 10.7. The van der Waals surface area contributed by atoms with E-state index < -0.39 is 0 Å². The van der Waals surface area contributed by atoms with Crippen molar-refractivity contribution in [1.29, 1.82) is 0 Å². The molecular formula is C19H25ClO2. The van der Waals surface area contributed by atoms with E-state index >= 15 is 0 Å². The molecule has 0 aromatic heterocycles. The molecule has 1 saturated carbocycles. The largest absolute Gasteiger partial charge is 0.494 e. The fourth-order valence-electron chi connectivity index (χ4n) is 2.68. The van der Waals surface area contributed by atoms with Crippen LogP contribution in [0.4, 0.5) is 0 Å². The molecule has 3 heteroatoms. The second-order valence-electron chi connectivity index (χ2n) is 5.88. The van der Waals surface area contributed by atoms with E-state index in [4.69, 9.17) is 16.3 Å². The highest BCUT2D eigenvalue weighted by Crippen LogP contribution is 2.26. The van der Waals surface area contributed by atoms with Gasteiger partial charge < -0.3 is 4.74 Å². The van der Waals surface area contributed by atoms with Crippen LogP contribution in [0.3, 0.4) is 0 Å². The predicted molar refractivity (Wildman–Crippen MR) is 92.6 cm³/mol. The number of unbranched alkanes of at least 4 members (excludes halogenated alkanes) is 3. The number of ether oxygens (including phenoxy) is 1. The normalized spacial score (nSPS) is 20.4. The standard InChI is InChI=1S/C19H25ClO2/c1-2-3-4-5-12-22-17-10-6-8-15(14-17)13-16-9-7-11-18(20)19(16)21/h6,8,10,13-14,18H,2-5,7,9,11-12H2,1H3. The quantitative estimate of drug-likeness (QED) is 0.382. The van der Waals surface area contributed by atoms with Gasteiger partial charge in [0, 0.05) is 0 Å². The molecule has 0 heterocycles. The molecule has 1 aliphatic carbocycles. The average Bonchev–Trinajstić information content (AvgIpc) is 2.52. The monoisotopic (exact) mass is 320 g/mol. The van der Waals surface area contributed by atoms with Gasteiger partial charge in [0.05, 0.1) is 12.0 Å². The third-order valence-electron chi connectivity index (χ3n) is 3.97. The molecular weight excluding hydrogens is 296 g/mol. The zero-order valence-electron chi connectivity index (χ0n) is 13.3. The molecule has 0 aliphatic heterocycles. The van der Waals surface area contributed by atoms with Crippen LogP contribution < -0.4 is 4.74 Å². The molecule has 0 N–H and O–H groups in total. The maximum atomic E-state index is 12.1. The van der Waals surface area contributed by atoms with Gasteiger partial charge in [0.1, 0.15) is 5.75 Å². The number of hydrogen-bond acceptors (Lipinski definition) is 2. The number of carbonyl (C=O) groups is 1. The van der Waals surface area contributed by atoms with Crippen molar-refractivity contribution in [3.05, 3.63) is 35.4 Å². The molecule has 0 bridgehead atoms. The van der Waals surface area contributed by atoms with E-state index in [9.17, 15) is 4.79 Å². The molecule has 0 spiro atoms. The number of rotatable bonds is 7. The Balaban J connectivity index is 1.94. The molecule has 0 amide bonds. The maximum Gasteiger partial charge on any atom is 0.176 e. The van der Waals surface area contributed by atoms with Gasteiger partial charge in [-0.2, -0.15) is 0 Å². The zero-order chi connectivity index (χ0) is 15.8. The Bertz CT molecular complexity index is 522. The second kappa shape index (κ2) is 8.99. The van der Waals surface area contributed by atoms with Gasteiger partial charge in [-0.05, 0) is 55.0 Å². The molecule has 1 aliphatic rings. The van der Waals surface area contributed by atoms with Gasteiger partial charge >= 0.3 is 0 Å². The molecule has 1 aromatic rings. The average molecular weight is 321 g/mol. The fourth-order valence-corrected chi connectivity index (χ4v) is 2.98. The lowest BCUT2D eigenvalue weighted by Crippen LogP contribution is -2.21. The van der Waals surface area contributed by atoms with Crippen LogP contribution in [-0.2, 0) is 4.79 Å². The minimum Gasteiger partial charge on any atom is -0.494 e. The summed E-state index contributed by atoms with van der Waals surface area (Å²) < 4.78 is 5.79. The van der Waals surface area contributed by atoms with Crippen molar-refractivity contribution in [3.8, 4) is 5.75 Å². The van der Waals surface area contributed by atoms with Crippen LogP contribution >= 0.6 is 11.6 Å². The lowest BCUT2D eigenvalue weighted by atomic mass is 9.91. The van der Waals surface area contributed by atoms with Crippen molar-refractivity contribution in [2.24, 2.45) is 0 Å². The summed E-state index contributed by atoms with van der Waals surface area (Å²) in [6.45, 7) is 2.96. The molecule has 0 saturated heterocycles. The van der Waals surface area contributed by atoms with Crippen LogP contribution in [-0.4, -0.2) is 17.8 Å². The number of allylic oxidation sites excluding steroid dienone is 1. The molecule has 1 aromatic carbocycles. The van der Waals surface area contributed by atoms with Crippen molar-refractivity contribution >= 4 is 23.5 Å². The summed E-state index contributed by atoms with van der Waals surface area (Å²) in [5.74, 6) is 0.954. The summed E-state index contributed by atoms with van der Waals surface area (Å²) in [5, 5.41) is -0.349. The minimum atomic E-state index is -0.349. The number of alkyl halides is 1. The molecule has 1 unspecified atom stereocenters. The highest BCUT2D eigenvalue weighted by Gasteiger charge is 2.24. The SMILES string of the molecule is CCCCCCOc1cccc(C=C2CCCC(Cl)C2=O)c1. The number of hydrogen-bond donors (Lipinski definition) is 0. The highest BCUT2D eigenvalue weighted by atomic mass is 35.5. The van der Waals surface area contributed by atoms with Crippen LogP contribution in [0.5, 0.6) is 5.75 Å². The van der Waals surface area contributed by atoms with Gasteiger partial charge in [0.25, 0.3) is 0 Å². The van der Waals surface area contributed by atoms with Gasteiger partial charge in [0.15, 0.2) is 5.78 Å². The molecule has 22 heavy (non-hydrogen) atoms. The van der Waals surface area contributed by atoms with Crippen molar-refractivity contribution in [3.63, 3.8) is 0 Å². The molecule has 1 atom stereocenters. The summed E-state index contributed by atoms with van der Waals surface area (Å²) in [7, 11) is 0. The summed E-state index contributed by atoms with van der Waals surface area (Å²) in [6, 6.07) is 7.94. The van der Waals surface area contributed by atoms with E-state index in [-0.39, 0.29) is 11.2 Å². The third kappa shape index (κ3) is 5.17. The fraction of sp³-hybridized carbons (Fsp3) is 0.526. The Morgan fingerprint density at radius 1 is 1.32 bits per heavy atom. The maximum absolute atomic E-state index is 12.1. The van der Waals surface area contributed by atoms with Crippen LogP contribution in [0.2, 0.25) is 0 Å². The summed E-state index contributed by atoms with van der Waals surface area (Å²) in [5.41, 5.74) is 1.85. The summed E-state index contributed by atoms with van der Waals surface area (Å²) in [6.07, 6.45) is 9.36. The highest BCUT2D eigenvalue weighted by molar-refractivity contribution is 6.34. The lowest BCUT2D eigenvalue weighted by molar-refractivity contribution is -0.116. The Morgan fingerprint density at radius 2 is 2.18 bits per heavy atom. The van der Waals surface area contributed by atoms with E-state index in [1.165, 1.54) is 19.3 Å². The number of carbonyl (C=O) groups excluding carboxylic acids is 1. The number of benzene rings is 1. The summed E-state index contributed by atoms with van der Waals surface area (Å²) >= 11 is 6.05. The van der Waals surface area contributed by atoms with Crippen LogP contribution in [0.1, 0.15) is 57.4 Å². The zero-order valence-corrected chi connectivity index (χ0v) is 14.1. The van der Waals surface area contributed by atoms with Crippen molar-refractivity contribution < 1.29 is 9.53 Å². The van der Waals surface area contributed by atoms with Gasteiger partial charge in [-0.1, -0.05) is 38.3 Å². The molecule has 2 rings (SSSR count). The first-order valence-electron chi connectivity index (χ1n) is 8.32. The third-order valence-corrected chi connectivity index (χ3v) is 4.39. The Morgan fingerprint density at radius 3 is 3.00 bits per heavy atom. The number of Topliss-reactive ketones (excluding diaryl/α,β-unsaturated/α-hetero) is 1. The van der Waals surface area contributed by atoms with Crippen LogP contribution in [0.25, 0.3) is 6.08 Å². The first-order valence-corrected chi connectivity index (χ1v) is 8.76. The lowest BCUT2D eigenvalue weighted by Gasteiger charge is -2.17. The molecule has 120 valence electrons. The molecule has 0 radical (unpaired) electrons. The van der Waals surface area contributed by atoms with E-state index in [1.807, 2.05) is 30.3 Å². The van der Waals surface area contributed by atoms with Crippen molar-refractivity contribution in [2.75, 3.05) is 6.61 Å². The van der Waals surface area contributed by atoms with Crippen molar-refractivity contribution in [1.82, 2.24) is 0 Å². The van der Waals surface area contributed by atoms with Gasteiger partial charge in [0.2, 0.25) is 0 Å². The van der Waals surface area contributed by atoms with E-state index in [1.54, 1.807) is 0 Å². The Kier molecular flexibility index (Phi) is 6.98. The predicted octanol–water partition coefficient (Wildman–Crippen LogP) is 5.39. The first kappa shape index (κ1) is 17.1. The molecule has 1 fully saturated rings. The Labute approximate surface area is 138 Å².